The number of rotatable bonds is 9. The molecule has 1 aromatic carbocycles. The van der Waals surface area contributed by atoms with Crippen LogP contribution in [-0.4, -0.2) is 24.7 Å². The highest BCUT2D eigenvalue weighted by molar-refractivity contribution is 5.19. The minimum atomic E-state index is 0.609. The summed E-state index contributed by atoms with van der Waals surface area (Å²) in [6, 6.07) is 15.9. The summed E-state index contributed by atoms with van der Waals surface area (Å²) in [6.07, 6.45) is 0.938. The maximum absolute atomic E-state index is 5.61. The molecule has 112 valence electrons. The van der Waals surface area contributed by atoms with Crippen LogP contribution in [0.5, 0.6) is 11.8 Å². The first-order valence-corrected chi connectivity index (χ1v) is 7.36. The molecule has 0 bridgehead atoms. The maximum atomic E-state index is 5.61. The second-order valence-electron chi connectivity index (χ2n) is 4.61. The van der Waals surface area contributed by atoms with Gasteiger partial charge in [-0.25, -0.2) is 0 Å². The minimum Gasteiger partial charge on any atom is -0.478 e. The van der Waals surface area contributed by atoms with Crippen LogP contribution in [0.1, 0.15) is 18.9 Å². The van der Waals surface area contributed by atoms with Crippen LogP contribution in [0, 0.1) is 0 Å². The van der Waals surface area contributed by atoms with Gasteiger partial charge in [0.25, 0.3) is 0 Å². The van der Waals surface area contributed by atoms with Crippen molar-refractivity contribution in [3.63, 3.8) is 0 Å². The highest BCUT2D eigenvalue weighted by Crippen LogP contribution is 2.13. The zero-order valence-corrected chi connectivity index (χ0v) is 12.4. The lowest BCUT2D eigenvalue weighted by Gasteiger charge is -2.08. The molecule has 4 heteroatoms. The molecule has 2 rings (SSSR count). The van der Waals surface area contributed by atoms with Gasteiger partial charge in [-0.05, 0) is 25.5 Å². The van der Waals surface area contributed by atoms with Gasteiger partial charge >= 0.3 is 0 Å². The predicted molar refractivity (Wildman–Crippen MR) is 83.7 cm³/mol. The molecule has 0 unspecified atom stereocenters. The zero-order chi connectivity index (χ0) is 14.8. The van der Waals surface area contributed by atoms with E-state index >= 15 is 0 Å². The number of hydrogen-bond acceptors (Lipinski definition) is 4. The predicted octanol–water partition coefficient (Wildman–Crippen LogP) is 3.04. The van der Waals surface area contributed by atoms with Gasteiger partial charge < -0.3 is 14.8 Å². The molecule has 0 aliphatic rings. The third kappa shape index (κ3) is 5.83. The Kier molecular flexibility index (Phi) is 6.55. The third-order valence-electron chi connectivity index (χ3n) is 2.91. The smallest absolute Gasteiger partial charge is 0.216 e. The van der Waals surface area contributed by atoms with Crippen LogP contribution in [0.15, 0.2) is 48.5 Å². The number of ether oxygens (including phenoxy) is 2. The monoisotopic (exact) mass is 286 g/mol. The second-order valence-corrected chi connectivity index (χ2v) is 4.61. The number of benzene rings is 1. The van der Waals surface area contributed by atoms with Crippen LogP contribution in [0.3, 0.4) is 0 Å². The van der Waals surface area contributed by atoms with E-state index in [0.29, 0.717) is 25.0 Å². The average molecular weight is 286 g/mol. The summed E-state index contributed by atoms with van der Waals surface area (Å²) in [7, 11) is 0. The minimum absolute atomic E-state index is 0.609. The van der Waals surface area contributed by atoms with Gasteiger partial charge in [0.1, 0.15) is 0 Å². The molecule has 0 saturated carbocycles. The molecule has 1 aromatic heterocycles. The van der Waals surface area contributed by atoms with Crippen molar-refractivity contribution in [2.24, 2.45) is 0 Å². The molecular weight excluding hydrogens is 264 g/mol. The molecule has 0 fully saturated rings. The molecule has 0 saturated heterocycles. The summed E-state index contributed by atoms with van der Waals surface area (Å²) < 4.78 is 11.0. The third-order valence-corrected chi connectivity index (χ3v) is 2.91. The maximum Gasteiger partial charge on any atom is 0.216 e. The molecule has 0 aliphatic heterocycles. The van der Waals surface area contributed by atoms with Crippen molar-refractivity contribution in [1.29, 1.82) is 0 Å². The molecular formula is C17H22N2O2. The first-order valence-electron chi connectivity index (χ1n) is 7.36. The van der Waals surface area contributed by atoms with Crippen molar-refractivity contribution in [2.75, 3.05) is 19.8 Å². The van der Waals surface area contributed by atoms with Crippen LogP contribution >= 0.6 is 0 Å². The number of aromatic nitrogens is 1. The largest absolute Gasteiger partial charge is 0.478 e. The Morgan fingerprint density at radius 2 is 1.71 bits per heavy atom. The molecule has 1 N–H and O–H groups in total. The van der Waals surface area contributed by atoms with E-state index in [-0.39, 0.29) is 0 Å². The summed E-state index contributed by atoms with van der Waals surface area (Å²) in [6.45, 7) is 5.00. The lowest BCUT2D eigenvalue weighted by Crippen LogP contribution is -2.17. The Morgan fingerprint density at radius 1 is 0.952 bits per heavy atom. The number of pyridine rings is 1. The molecule has 2 aromatic rings. The van der Waals surface area contributed by atoms with Gasteiger partial charge in [-0.2, -0.15) is 4.98 Å². The van der Waals surface area contributed by atoms with Crippen LogP contribution in [0.25, 0.3) is 0 Å². The van der Waals surface area contributed by atoms with E-state index < -0.39 is 0 Å². The van der Waals surface area contributed by atoms with Crippen molar-refractivity contribution < 1.29 is 9.47 Å². The summed E-state index contributed by atoms with van der Waals surface area (Å²) in [5.74, 6) is 1.22. The molecule has 0 aliphatic carbocycles. The molecule has 21 heavy (non-hydrogen) atoms. The lowest BCUT2D eigenvalue weighted by molar-refractivity contribution is 0.282. The molecule has 0 atom stereocenters. The standard InChI is InChI=1S/C17H22N2O2/c1-2-20-16-10-6-11-17(19-16)21-13-7-12-18-14-15-8-4-3-5-9-15/h3-6,8-11,18H,2,7,12-14H2,1H3. The molecule has 0 amide bonds. The van der Waals surface area contributed by atoms with Gasteiger partial charge in [-0.1, -0.05) is 36.4 Å². The fourth-order valence-electron chi connectivity index (χ4n) is 1.91. The summed E-state index contributed by atoms with van der Waals surface area (Å²) in [4.78, 5) is 4.26. The topological polar surface area (TPSA) is 43.4 Å². The van der Waals surface area contributed by atoms with E-state index in [0.717, 1.165) is 19.5 Å². The van der Waals surface area contributed by atoms with E-state index in [9.17, 15) is 0 Å². The Hall–Kier alpha value is -2.07. The number of nitrogens with zero attached hydrogens (tertiary/aromatic N) is 1. The molecule has 0 radical (unpaired) electrons. The Labute approximate surface area is 126 Å². The highest BCUT2D eigenvalue weighted by Gasteiger charge is 1.99. The van der Waals surface area contributed by atoms with Gasteiger partial charge in [0, 0.05) is 18.7 Å². The number of hydrogen-bond donors (Lipinski definition) is 1. The van der Waals surface area contributed by atoms with Crippen LogP contribution in [0.4, 0.5) is 0 Å². The first-order chi connectivity index (χ1) is 10.4. The van der Waals surface area contributed by atoms with Gasteiger partial charge in [0.15, 0.2) is 0 Å². The summed E-state index contributed by atoms with van der Waals surface area (Å²) in [5, 5.41) is 3.39. The SMILES string of the molecule is CCOc1cccc(OCCCNCc2ccccc2)n1. The summed E-state index contributed by atoms with van der Waals surface area (Å²) >= 11 is 0. The van der Waals surface area contributed by atoms with Gasteiger partial charge in [-0.3, -0.25) is 0 Å². The van der Waals surface area contributed by atoms with Gasteiger partial charge in [0.05, 0.1) is 13.2 Å². The van der Waals surface area contributed by atoms with E-state index in [1.807, 2.05) is 31.2 Å². The van der Waals surface area contributed by atoms with Crippen molar-refractivity contribution in [3.05, 3.63) is 54.1 Å². The second kappa shape index (κ2) is 8.97. The normalized spacial score (nSPS) is 10.3. The molecule has 1 heterocycles. The van der Waals surface area contributed by atoms with E-state index in [2.05, 4.69) is 34.6 Å². The lowest BCUT2D eigenvalue weighted by atomic mass is 10.2. The van der Waals surface area contributed by atoms with Crippen molar-refractivity contribution in [3.8, 4) is 11.8 Å². The van der Waals surface area contributed by atoms with Gasteiger partial charge in [-0.15, -0.1) is 0 Å². The zero-order valence-electron chi connectivity index (χ0n) is 12.4. The van der Waals surface area contributed by atoms with Crippen molar-refractivity contribution in [2.45, 2.75) is 19.9 Å². The molecule has 4 nitrogen and oxygen atoms in total. The summed E-state index contributed by atoms with van der Waals surface area (Å²) in [5.41, 5.74) is 1.30. The van der Waals surface area contributed by atoms with E-state index in [1.165, 1.54) is 5.56 Å². The average Bonchev–Trinajstić information content (AvgIpc) is 2.52. The Morgan fingerprint density at radius 3 is 2.48 bits per heavy atom. The molecule has 0 spiro atoms. The highest BCUT2D eigenvalue weighted by atomic mass is 16.5. The first kappa shape index (κ1) is 15.3. The van der Waals surface area contributed by atoms with Gasteiger partial charge in [0.2, 0.25) is 11.8 Å². The van der Waals surface area contributed by atoms with Crippen LogP contribution in [0.2, 0.25) is 0 Å². The fraction of sp³-hybridized carbons (Fsp3) is 0.353. The van der Waals surface area contributed by atoms with Crippen LogP contribution in [-0.2, 0) is 6.54 Å². The van der Waals surface area contributed by atoms with Crippen LogP contribution < -0.4 is 14.8 Å². The quantitative estimate of drug-likeness (QED) is 0.720. The van der Waals surface area contributed by atoms with E-state index in [1.54, 1.807) is 0 Å². The fourth-order valence-corrected chi connectivity index (χ4v) is 1.91. The Balaban J connectivity index is 1.60. The number of nitrogens with one attached hydrogen (secondary N) is 1. The van der Waals surface area contributed by atoms with Crippen molar-refractivity contribution in [1.82, 2.24) is 10.3 Å². The van der Waals surface area contributed by atoms with Crippen molar-refractivity contribution >= 4 is 0 Å². The van der Waals surface area contributed by atoms with E-state index in [4.69, 9.17) is 9.47 Å². The Bertz CT molecular complexity index is 517.